The largest absolute Gasteiger partial charge is 0.235 e. The highest BCUT2D eigenvalue weighted by Gasteiger charge is 2.23. The molecule has 3 heterocycles. The van der Waals surface area contributed by atoms with Gasteiger partial charge >= 0.3 is 0 Å². The summed E-state index contributed by atoms with van der Waals surface area (Å²) < 4.78 is 3.44. The van der Waals surface area contributed by atoms with Gasteiger partial charge in [0.1, 0.15) is 5.01 Å². The van der Waals surface area contributed by atoms with Gasteiger partial charge in [0.2, 0.25) is 0 Å². The molecule has 0 N–H and O–H groups in total. The molecule has 0 atom stereocenters. The molecule has 4 nitrogen and oxygen atoms in total. The van der Waals surface area contributed by atoms with Crippen LogP contribution in [-0.4, -0.2) is 19.9 Å². The van der Waals surface area contributed by atoms with Crippen LogP contribution in [0.2, 0.25) is 0 Å². The highest BCUT2D eigenvalue weighted by atomic mass is 32.1. The van der Waals surface area contributed by atoms with E-state index in [0.717, 1.165) is 58.7 Å². The molecule has 0 unspecified atom stereocenters. The lowest BCUT2D eigenvalue weighted by atomic mass is 9.95. The topological polar surface area (TPSA) is 51.6 Å². The molecule has 56 heavy (non-hydrogen) atoms. The van der Waals surface area contributed by atoms with Gasteiger partial charge in [0.05, 0.1) is 15.8 Å². The van der Waals surface area contributed by atoms with Crippen molar-refractivity contribution >= 4 is 63.8 Å². The smallest absolute Gasteiger partial charge is 0.167 e. The van der Waals surface area contributed by atoms with E-state index in [-0.39, 0.29) is 0 Å². The molecule has 6 heteroatoms. The number of nitrogens with zero attached hydrogens (tertiary/aromatic N) is 4. The summed E-state index contributed by atoms with van der Waals surface area (Å²) in [5.74, 6) is 1.86. The molecule has 0 aliphatic rings. The number of rotatable bonds is 6. The Hall–Kier alpha value is -6.86. The molecule has 0 spiro atoms. The third-order valence-electron chi connectivity index (χ3n) is 10.4. The maximum absolute atomic E-state index is 5.41. The Morgan fingerprint density at radius 2 is 0.911 bits per heavy atom. The van der Waals surface area contributed by atoms with Gasteiger partial charge in [0, 0.05) is 36.9 Å². The fourth-order valence-corrected chi connectivity index (χ4v) is 9.88. The van der Waals surface area contributed by atoms with Gasteiger partial charge in [-0.3, -0.25) is 0 Å². The van der Waals surface area contributed by atoms with E-state index in [2.05, 4.69) is 158 Å². The quantitative estimate of drug-likeness (QED) is 0.170. The number of benzene rings is 8. The molecule has 0 aliphatic heterocycles. The van der Waals surface area contributed by atoms with Gasteiger partial charge in [-0.25, -0.2) is 19.9 Å². The number of aromatic nitrogens is 4. The summed E-state index contributed by atoms with van der Waals surface area (Å²) in [6, 6.07) is 63.8. The second-order valence-electron chi connectivity index (χ2n) is 13.8. The minimum atomic E-state index is 0.613. The molecule has 262 valence electrons. The minimum absolute atomic E-state index is 0.613. The van der Waals surface area contributed by atoms with Crippen LogP contribution in [0, 0.1) is 0 Å². The second kappa shape index (κ2) is 13.5. The van der Waals surface area contributed by atoms with Gasteiger partial charge in [-0.05, 0) is 57.3 Å². The Kier molecular flexibility index (Phi) is 7.83. The molecule has 0 saturated carbocycles. The fraction of sp³-hybridized carbons (Fsp3) is 0. The molecule has 11 rings (SSSR count). The number of thiazole rings is 1. The first-order chi connectivity index (χ1) is 27.7. The Morgan fingerprint density at radius 3 is 1.66 bits per heavy atom. The van der Waals surface area contributed by atoms with E-state index in [1.54, 1.807) is 22.7 Å². The van der Waals surface area contributed by atoms with Crippen molar-refractivity contribution in [2.75, 3.05) is 0 Å². The zero-order valence-electron chi connectivity index (χ0n) is 29.9. The predicted octanol–water partition coefficient (Wildman–Crippen LogP) is 14.0. The van der Waals surface area contributed by atoms with E-state index >= 15 is 0 Å². The van der Waals surface area contributed by atoms with E-state index in [4.69, 9.17) is 19.9 Å². The predicted molar refractivity (Wildman–Crippen MR) is 236 cm³/mol. The van der Waals surface area contributed by atoms with Crippen LogP contribution in [0.3, 0.4) is 0 Å². The molecule has 0 amide bonds. The van der Waals surface area contributed by atoms with Crippen LogP contribution in [0.4, 0.5) is 0 Å². The summed E-state index contributed by atoms with van der Waals surface area (Å²) >= 11 is 3.48. The van der Waals surface area contributed by atoms with Crippen molar-refractivity contribution in [1.82, 2.24) is 19.9 Å². The molecule has 0 bridgehead atoms. The molecule has 11 aromatic rings. The Bertz CT molecular complexity index is 3230. The first kappa shape index (κ1) is 32.6. The average Bonchev–Trinajstić information content (AvgIpc) is 3.87. The summed E-state index contributed by atoms with van der Waals surface area (Å²) in [5.41, 5.74) is 9.43. The van der Waals surface area contributed by atoms with E-state index in [1.807, 2.05) is 24.3 Å². The zero-order valence-corrected chi connectivity index (χ0v) is 31.6. The zero-order chi connectivity index (χ0) is 37.0. The summed E-state index contributed by atoms with van der Waals surface area (Å²) in [6.07, 6.45) is 0. The van der Waals surface area contributed by atoms with Crippen molar-refractivity contribution in [1.29, 1.82) is 0 Å². The van der Waals surface area contributed by atoms with Gasteiger partial charge in [0.15, 0.2) is 17.5 Å². The van der Waals surface area contributed by atoms with Crippen molar-refractivity contribution in [3.8, 4) is 67.0 Å². The average molecular weight is 751 g/mol. The van der Waals surface area contributed by atoms with Gasteiger partial charge in [-0.2, -0.15) is 0 Å². The van der Waals surface area contributed by atoms with Crippen molar-refractivity contribution in [2.45, 2.75) is 0 Å². The summed E-state index contributed by atoms with van der Waals surface area (Å²) in [7, 11) is 0. The van der Waals surface area contributed by atoms with Crippen molar-refractivity contribution in [3.05, 3.63) is 182 Å². The van der Waals surface area contributed by atoms with Crippen LogP contribution in [0.15, 0.2) is 182 Å². The number of hydrogen-bond donors (Lipinski definition) is 0. The van der Waals surface area contributed by atoms with Crippen molar-refractivity contribution < 1.29 is 0 Å². The lowest BCUT2D eigenvalue weighted by molar-refractivity contribution is 1.08. The number of hydrogen-bond acceptors (Lipinski definition) is 6. The summed E-state index contributed by atoms with van der Waals surface area (Å²) in [5, 5.41) is 5.68. The van der Waals surface area contributed by atoms with Gasteiger partial charge in [0.25, 0.3) is 0 Å². The molecule has 0 radical (unpaired) electrons. The molecular formula is C50H30N4S2. The molecule has 0 saturated heterocycles. The highest BCUT2D eigenvalue weighted by molar-refractivity contribution is 7.27. The van der Waals surface area contributed by atoms with Crippen LogP contribution < -0.4 is 0 Å². The highest BCUT2D eigenvalue weighted by Crippen LogP contribution is 2.46. The van der Waals surface area contributed by atoms with Crippen LogP contribution in [0.1, 0.15) is 0 Å². The first-order valence-corrected chi connectivity index (χ1v) is 20.2. The lowest BCUT2D eigenvalue weighted by Crippen LogP contribution is -2.01. The van der Waals surface area contributed by atoms with Crippen LogP contribution in [0.5, 0.6) is 0 Å². The molecule has 0 aliphatic carbocycles. The Morgan fingerprint density at radius 1 is 0.339 bits per heavy atom. The maximum atomic E-state index is 5.41. The minimum Gasteiger partial charge on any atom is -0.235 e. The number of thiophene rings is 1. The van der Waals surface area contributed by atoms with Gasteiger partial charge in [-0.1, -0.05) is 158 Å². The Balaban J connectivity index is 1.17. The maximum Gasteiger partial charge on any atom is 0.167 e. The van der Waals surface area contributed by atoms with E-state index in [1.165, 1.54) is 32.0 Å². The normalized spacial score (nSPS) is 11.6. The summed E-state index contributed by atoms with van der Waals surface area (Å²) in [4.78, 5) is 21.3. The SMILES string of the molecule is c1ccc(-c2ccc(-c3nc4c(-c5nc(-c6ccccc6)nc(-c6cc(-c7ccccc7)c7ccccc7c6)n5)c5sc6ccccc6c5cc4s3)cc2)cc1. The van der Waals surface area contributed by atoms with E-state index < -0.39 is 0 Å². The molecular weight excluding hydrogens is 721 g/mol. The van der Waals surface area contributed by atoms with Crippen LogP contribution >= 0.6 is 22.7 Å². The van der Waals surface area contributed by atoms with Gasteiger partial charge < -0.3 is 0 Å². The second-order valence-corrected chi connectivity index (χ2v) is 15.9. The molecule has 8 aromatic carbocycles. The van der Waals surface area contributed by atoms with Gasteiger partial charge in [-0.15, -0.1) is 22.7 Å². The third-order valence-corrected chi connectivity index (χ3v) is 12.6. The molecule has 3 aromatic heterocycles. The lowest BCUT2D eigenvalue weighted by Gasteiger charge is -2.13. The Labute approximate surface area is 331 Å². The van der Waals surface area contributed by atoms with Crippen molar-refractivity contribution in [2.24, 2.45) is 0 Å². The van der Waals surface area contributed by atoms with E-state index in [9.17, 15) is 0 Å². The van der Waals surface area contributed by atoms with Crippen molar-refractivity contribution in [3.63, 3.8) is 0 Å². The standard InChI is InChI=1S/C50H30N4S2/c1-4-14-31(15-5-1)32-24-26-35(27-25-32)50-51-45-43(56-50)30-41-39-22-12-13-23-42(39)55-46(41)44(45)49-53-47(34-18-8-3-9-19-34)52-48(54-49)37-28-36-20-10-11-21-38(36)40(29-37)33-16-6-2-7-17-33/h1-30H. The van der Waals surface area contributed by atoms with Crippen LogP contribution in [0.25, 0.3) is 108 Å². The van der Waals surface area contributed by atoms with E-state index in [0.29, 0.717) is 17.5 Å². The fourth-order valence-electron chi connectivity index (χ4n) is 7.64. The third kappa shape index (κ3) is 5.66. The summed E-state index contributed by atoms with van der Waals surface area (Å²) in [6.45, 7) is 0. The monoisotopic (exact) mass is 750 g/mol. The van der Waals surface area contributed by atoms with Crippen LogP contribution in [-0.2, 0) is 0 Å². The first-order valence-electron chi connectivity index (χ1n) is 18.5. The number of fused-ring (bicyclic) bond motifs is 5. The molecule has 0 fully saturated rings.